The monoisotopic (exact) mass is 486 g/mol. The van der Waals surface area contributed by atoms with E-state index >= 15 is 0 Å². The van der Waals surface area contributed by atoms with Gasteiger partial charge in [0.15, 0.2) is 0 Å². The molecule has 0 radical (unpaired) electrons. The molecule has 36 heavy (non-hydrogen) atoms. The van der Waals surface area contributed by atoms with Crippen LogP contribution in [0.3, 0.4) is 0 Å². The number of hydrogen-bond donors (Lipinski definition) is 0. The van der Waals surface area contributed by atoms with Crippen LogP contribution in [-0.4, -0.2) is 6.61 Å². The van der Waals surface area contributed by atoms with Crippen molar-refractivity contribution in [3.8, 4) is 16.9 Å². The molecule has 0 unspecified atom stereocenters. The minimum Gasteiger partial charge on any atom is -0.490 e. The summed E-state index contributed by atoms with van der Waals surface area (Å²) in [6.45, 7) is 5.29. The van der Waals surface area contributed by atoms with E-state index in [4.69, 9.17) is 4.74 Å². The Morgan fingerprint density at radius 3 is 1.92 bits per heavy atom. The van der Waals surface area contributed by atoms with E-state index in [0.29, 0.717) is 6.61 Å². The minimum absolute atomic E-state index is 0.670. The van der Waals surface area contributed by atoms with Crippen LogP contribution in [0.1, 0.15) is 115 Å². The molecule has 0 saturated heterocycles. The molecule has 0 amide bonds. The molecule has 2 saturated carbocycles. The van der Waals surface area contributed by atoms with E-state index in [2.05, 4.69) is 74.5 Å². The third-order valence-electron chi connectivity index (χ3n) is 8.98. The van der Waals surface area contributed by atoms with E-state index in [-0.39, 0.29) is 0 Å². The van der Waals surface area contributed by atoms with Gasteiger partial charge in [0.2, 0.25) is 0 Å². The standard InChI is InChI=1S/C35H50O/c1-3-5-6-9-29-15-17-31(18-16-29)32-19-21-33(22-20-32)34-23-25-35(26-24-34)36-27-7-10-30-13-11-28(8-4-2)12-14-30/h7,10,19-26,28-31H,3-6,8-9,11-18,27H2,1-2H3. The maximum atomic E-state index is 6.00. The van der Waals surface area contributed by atoms with Crippen molar-refractivity contribution in [1.82, 2.24) is 0 Å². The normalized spacial score (nSPS) is 24.7. The zero-order valence-corrected chi connectivity index (χ0v) is 23.1. The minimum atomic E-state index is 0.670. The lowest BCUT2D eigenvalue weighted by Gasteiger charge is -2.29. The average Bonchev–Trinajstić information content (AvgIpc) is 2.93. The number of allylic oxidation sites excluding steroid dienone is 1. The van der Waals surface area contributed by atoms with Gasteiger partial charge in [0.05, 0.1) is 0 Å². The molecule has 1 nitrogen and oxygen atoms in total. The van der Waals surface area contributed by atoms with Crippen LogP contribution in [0.25, 0.3) is 11.1 Å². The summed E-state index contributed by atoms with van der Waals surface area (Å²) in [5.74, 6) is 4.44. The van der Waals surface area contributed by atoms with Gasteiger partial charge in [0.25, 0.3) is 0 Å². The second-order valence-electron chi connectivity index (χ2n) is 11.7. The largest absolute Gasteiger partial charge is 0.490 e. The Hall–Kier alpha value is -2.02. The van der Waals surface area contributed by atoms with Crippen molar-refractivity contribution in [2.24, 2.45) is 17.8 Å². The summed E-state index contributed by atoms with van der Waals surface area (Å²) in [5.41, 5.74) is 4.11. The van der Waals surface area contributed by atoms with Gasteiger partial charge in [-0.15, -0.1) is 0 Å². The van der Waals surface area contributed by atoms with Gasteiger partial charge in [-0.3, -0.25) is 0 Å². The van der Waals surface area contributed by atoms with Gasteiger partial charge in [0.1, 0.15) is 12.4 Å². The van der Waals surface area contributed by atoms with E-state index in [1.54, 1.807) is 0 Å². The van der Waals surface area contributed by atoms with Gasteiger partial charge in [-0.05, 0) is 104 Å². The van der Waals surface area contributed by atoms with Crippen molar-refractivity contribution in [2.45, 2.75) is 110 Å². The third kappa shape index (κ3) is 8.25. The summed E-state index contributed by atoms with van der Waals surface area (Å²) in [7, 11) is 0. The van der Waals surface area contributed by atoms with E-state index in [9.17, 15) is 0 Å². The molecule has 2 aliphatic rings. The molecule has 2 aromatic rings. The summed E-state index contributed by atoms with van der Waals surface area (Å²) in [4.78, 5) is 0. The summed E-state index contributed by atoms with van der Waals surface area (Å²) >= 11 is 0. The zero-order chi connectivity index (χ0) is 25.0. The number of rotatable bonds is 12. The van der Waals surface area contributed by atoms with Crippen molar-refractivity contribution in [3.05, 3.63) is 66.2 Å². The highest BCUT2D eigenvalue weighted by Crippen LogP contribution is 2.38. The molecule has 0 atom stereocenters. The first-order valence-corrected chi connectivity index (χ1v) is 15.2. The maximum absolute atomic E-state index is 6.00. The van der Waals surface area contributed by atoms with Crippen LogP contribution in [0.4, 0.5) is 0 Å². The van der Waals surface area contributed by atoms with E-state index in [0.717, 1.165) is 29.4 Å². The van der Waals surface area contributed by atoms with Crippen LogP contribution in [0.5, 0.6) is 5.75 Å². The lowest BCUT2D eigenvalue weighted by molar-refractivity contribution is 0.292. The van der Waals surface area contributed by atoms with E-state index < -0.39 is 0 Å². The zero-order valence-electron chi connectivity index (χ0n) is 23.1. The first-order valence-electron chi connectivity index (χ1n) is 15.2. The van der Waals surface area contributed by atoms with Crippen LogP contribution in [-0.2, 0) is 0 Å². The Morgan fingerprint density at radius 1 is 0.667 bits per heavy atom. The fourth-order valence-electron chi connectivity index (χ4n) is 6.63. The number of unbranched alkanes of at least 4 members (excludes halogenated alkanes) is 2. The molecular weight excluding hydrogens is 436 g/mol. The Bertz CT molecular complexity index is 877. The van der Waals surface area contributed by atoms with Crippen molar-refractivity contribution < 1.29 is 4.74 Å². The Balaban J connectivity index is 1.19. The summed E-state index contributed by atoms with van der Waals surface area (Å²) in [5, 5.41) is 0. The maximum Gasteiger partial charge on any atom is 0.119 e. The van der Waals surface area contributed by atoms with Crippen LogP contribution in [0.2, 0.25) is 0 Å². The number of hydrogen-bond acceptors (Lipinski definition) is 1. The van der Waals surface area contributed by atoms with Gasteiger partial charge in [-0.2, -0.15) is 0 Å². The van der Waals surface area contributed by atoms with Crippen molar-refractivity contribution >= 4 is 0 Å². The molecule has 0 aliphatic heterocycles. The molecule has 196 valence electrons. The first-order chi connectivity index (χ1) is 17.7. The highest BCUT2D eigenvalue weighted by atomic mass is 16.5. The predicted octanol–water partition coefficient (Wildman–Crippen LogP) is 10.7. The van der Waals surface area contributed by atoms with Gasteiger partial charge in [-0.1, -0.05) is 101 Å². The summed E-state index contributed by atoms with van der Waals surface area (Å²) in [6.07, 6.45) is 24.1. The molecule has 2 aliphatic carbocycles. The topological polar surface area (TPSA) is 9.23 Å². The Kier molecular flexibility index (Phi) is 11.0. The molecule has 0 aromatic heterocycles. The quantitative estimate of drug-likeness (QED) is 0.214. The van der Waals surface area contributed by atoms with Crippen molar-refractivity contribution in [3.63, 3.8) is 0 Å². The molecule has 0 heterocycles. The number of ether oxygens (including phenoxy) is 1. The van der Waals surface area contributed by atoms with E-state index in [1.807, 2.05) is 0 Å². The van der Waals surface area contributed by atoms with Gasteiger partial charge < -0.3 is 4.74 Å². The molecule has 2 fully saturated rings. The SMILES string of the molecule is CCCCCC1CCC(c2ccc(-c3ccc(OCC=CC4CCC(CCC)CC4)cc3)cc2)CC1. The molecular formula is C35H50O. The molecule has 0 N–H and O–H groups in total. The Labute approximate surface area is 221 Å². The van der Waals surface area contributed by atoms with E-state index in [1.165, 1.54) is 107 Å². The predicted molar refractivity (Wildman–Crippen MR) is 156 cm³/mol. The lowest BCUT2D eigenvalue weighted by Crippen LogP contribution is -2.13. The highest BCUT2D eigenvalue weighted by Gasteiger charge is 2.22. The first kappa shape index (κ1) is 27.0. The van der Waals surface area contributed by atoms with Crippen LogP contribution in [0.15, 0.2) is 60.7 Å². The van der Waals surface area contributed by atoms with Crippen LogP contribution >= 0.6 is 0 Å². The van der Waals surface area contributed by atoms with Crippen LogP contribution < -0.4 is 4.74 Å². The third-order valence-corrected chi connectivity index (χ3v) is 8.98. The van der Waals surface area contributed by atoms with Gasteiger partial charge in [0, 0.05) is 0 Å². The van der Waals surface area contributed by atoms with Crippen molar-refractivity contribution in [1.29, 1.82) is 0 Å². The smallest absolute Gasteiger partial charge is 0.119 e. The number of benzene rings is 2. The Morgan fingerprint density at radius 2 is 1.28 bits per heavy atom. The van der Waals surface area contributed by atoms with Crippen molar-refractivity contribution in [2.75, 3.05) is 6.61 Å². The lowest BCUT2D eigenvalue weighted by atomic mass is 9.77. The second kappa shape index (κ2) is 14.7. The fourth-order valence-corrected chi connectivity index (χ4v) is 6.63. The van der Waals surface area contributed by atoms with Gasteiger partial charge >= 0.3 is 0 Å². The fraction of sp³-hybridized carbons (Fsp3) is 0.600. The second-order valence-corrected chi connectivity index (χ2v) is 11.7. The van der Waals surface area contributed by atoms with Gasteiger partial charge in [-0.25, -0.2) is 0 Å². The average molecular weight is 487 g/mol. The summed E-state index contributed by atoms with van der Waals surface area (Å²) in [6, 6.07) is 18.0. The molecule has 2 aromatic carbocycles. The molecule has 0 spiro atoms. The molecule has 4 rings (SSSR count). The van der Waals surface area contributed by atoms with Crippen LogP contribution in [0, 0.1) is 17.8 Å². The summed E-state index contributed by atoms with van der Waals surface area (Å²) < 4.78 is 6.00. The molecule has 0 bridgehead atoms. The highest BCUT2D eigenvalue weighted by molar-refractivity contribution is 5.64. The molecule has 1 heteroatoms.